The smallest absolute Gasteiger partial charge is 0.139 e. The number of aryl methyl sites for hydroxylation is 1. The van der Waals surface area contributed by atoms with Crippen LogP contribution in [0.1, 0.15) is 32.3 Å². The molecule has 0 amide bonds. The maximum Gasteiger partial charge on any atom is 0.139 e. The Labute approximate surface area is 116 Å². The molecule has 0 aliphatic heterocycles. The van der Waals surface area contributed by atoms with Crippen LogP contribution in [0.4, 0.5) is 10.1 Å². The largest absolute Gasteiger partial charge is 0.384 e. The van der Waals surface area contributed by atoms with E-state index in [9.17, 15) is 4.39 Å². The Morgan fingerprint density at radius 3 is 2.72 bits per heavy atom. The van der Waals surface area contributed by atoms with Crippen LogP contribution in [0, 0.1) is 29.5 Å². The topological polar surface area (TPSA) is 35.8 Å². The highest BCUT2D eigenvalue weighted by atomic mass is 79.9. The number of nitriles is 1. The van der Waals surface area contributed by atoms with E-state index < -0.39 is 0 Å². The lowest BCUT2D eigenvalue weighted by Gasteiger charge is -2.25. The number of hydrogen-bond donors (Lipinski definition) is 1. The molecule has 98 valence electrons. The van der Waals surface area contributed by atoms with Gasteiger partial charge in [0.25, 0.3) is 0 Å². The first-order valence-corrected chi connectivity index (χ1v) is 6.71. The highest BCUT2D eigenvalue weighted by Crippen LogP contribution is 2.27. The highest BCUT2D eigenvalue weighted by Gasteiger charge is 2.17. The van der Waals surface area contributed by atoms with Gasteiger partial charge in [-0.2, -0.15) is 5.26 Å². The Hall–Kier alpha value is -1.08. The number of anilines is 1. The first kappa shape index (κ1) is 15.0. The lowest BCUT2D eigenvalue weighted by atomic mass is 9.88. The molecule has 1 rings (SSSR count). The van der Waals surface area contributed by atoms with Gasteiger partial charge in [0.05, 0.1) is 10.5 Å². The molecule has 18 heavy (non-hydrogen) atoms. The van der Waals surface area contributed by atoms with Crippen molar-refractivity contribution in [2.75, 3.05) is 11.9 Å². The fraction of sp³-hybridized carbons (Fsp3) is 0.500. The second-order valence-corrected chi connectivity index (χ2v) is 6.11. The van der Waals surface area contributed by atoms with Crippen molar-refractivity contribution >= 4 is 21.6 Å². The van der Waals surface area contributed by atoms with Crippen LogP contribution >= 0.6 is 15.9 Å². The Kier molecular flexibility index (Phi) is 5.15. The molecule has 0 aromatic heterocycles. The summed E-state index contributed by atoms with van der Waals surface area (Å²) in [6.07, 6.45) is 1.37. The van der Waals surface area contributed by atoms with Crippen LogP contribution in [-0.4, -0.2) is 6.54 Å². The molecule has 0 atom stereocenters. The molecule has 0 saturated heterocycles. The molecular formula is C14H18BrFN2. The maximum absolute atomic E-state index is 13.5. The van der Waals surface area contributed by atoms with Crippen molar-refractivity contribution in [1.82, 2.24) is 0 Å². The fourth-order valence-corrected chi connectivity index (χ4v) is 2.11. The number of benzene rings is 1. The molecule has 0 radical (unpaired) electrons. The zero-order chi connectivity index (χ0) is 13.8. The first-order chi connectivity index (χ1) is 8.35. The third-order valence-corrected chi connectivity index (χ3v) is 3.55. The predicted molar refractivity (Wildman–Crippen MR) is 76.0 cm³/mol. The van der Waals surface area contributed by atoms with Crippen molar-refractivity contribution in [2.24, 2.45) is 5.41 Å². The lowest BCUT2D eigenvalue weighted by molar-refractivity contribution is 0.363. The summed E-state index contributed by atoms with van der Waals surface area (Å²) in [5.74, 6) is -0.266. The number of halogens is 2. The van der Waals surface area contributed by atoms with Gasteiger partial charge in [-0.05, 0) is 52.4 Å². The van der Waals surface area contributed by atoms with E-state index in [1.54, 1.807) is 6.07 Å². The molecule has 1 aromatic rings. The summed E-state index contributed by atoms with van der Waals surface area (Å²) in [6.45, 7) is 6.86. The van der Waals surface area contributed by atoms with E-state index in [1.807, 2.05) is 6.92 Å². The van der Waals surface area contributed by atoms with Gasteiger partial charge in [-0.25, -0.2) is 4.39 Å². The number of nitrogens with one attached hydrogen (secondary N) is 1. The van der Waals surface area contributed by atoms with Gasteiger partial charge in [-0.3, -0.25) is 0 Å². The zero-order valence-electron chi connectivity index (χ0n) is 11.0. The number of rotatable bonds is 5. The quantitative estimate of drug-likeness (QED) is 0.859. The monoisotopic (exact) mass is 312 g/mol. The van der Waals surface area contributed by atoms with Crippen LogP contribution in [0.5, 0.6) is 0 Å². The molecule has 0 aliphatic carbocycles. The van der Waals surface area contributed by atoms with Gasteiger partial charge in [-0.1, -0.05) is 13.8 Å². The van der Waals surface area contributed by atoms with E-state index in [-0.39, 0.29) is 11.2 Å². The van der Waals surface area contributed by atoms with E-state index in [0.29, 0.717) is 10.9 Å². The van der Waals surface area contributed by atoms with Gasteiger partial charge in [0, 0.05) is 18.7 Å². The summed E-state index contributed by atoms with van der Waals surface area (Å²) in [6, 6.07) is 5.42. The predicted octanol–water partition coefficient (Wildman–Crippen LogP) is 4.64. The minimum absolute atomic E-state index is 0.0196. The van der Waals surface area contributed by atoms with Gasteiger partial charge in [0.1, 0.15) is 5.82 Å². The normalized spacial score (nSPS) is 11.1. The Balaban J connectivity index is 2.69. The summed E-state index contributed by atoms with van der Waals surface area (Å²) in [7, 11) is 0. The third kappa shape index (κ3) is 4.30. The summed E-state index contributed by atoms with van der Waals surface area (Å²) >= 11 is 3.17. The Morgan fingerprint density at radius 2 is 2.11 bits per heavy atom. The number of nitrogens with zero attached hydrogens (tertiary/aromatic N) is 1. The van der Waals surface area contributed by atoms with Crippen molar-refractivity contribution < 1.29 is 4.39 Å². The summed E-state index contributed by atoms with van der Waals surface area (Å²) < 4.78 is 13.9. The van der Waals surface area contributed by atoms with Crippen molar-refractivity contribution in [2.45, 2.75) is 33.6 Å². The van der Waals surface area contributed by atoms with E-state index in [1.165, 1.54) is 6.07 Å². The van der Waals surface area contributed by atoms with Crippen molar-refractivity contribution in [3.05, 3.63) is 28.0 Å². The van der Waals surface area contributed by atoms with Gasteiger partial charge in [0.15, 0.2) is 0 Å². The molecular weight excluding hydrogens is 295 g/mol. The Morgan fingerprint density at radius 1 is 1.44 bits per heavy atom. The second kappa shape index (κ2) is 6.19. The van der Waals surface area contributed by atoms with Crippen LogP contribution in [0.2, 0.25) is 0 Å². The maximum atomic E-state index is 13.5. The molecule has 1 aromatic carbocycles. The molecule has 0 unspecified atom stereocenters. The van der Waals surface area contributed by atoms with Crippen LogP contribution in [0.25, 0.3) is 0 Å². The molecule has 0 heterocycles. The van der Waals surface area contributed by atoms with E-state index >= 15 is 0 Å². The SMILES string of the molecule is Cc1cc(Br)c(F)cc1NCC(C)(C)CCC#N. The highest BCUT2D eigenvalue weighted by molar-refractivity contribution is 9.10. The average Bonchev–Trinajstić information content (AvgIpc) is 2.30. The van der Waals surface area contributed by atoms with Crippen molar-refractivity contribution in [3.8, 4) is 6.07 Å². The molecule has 0 aliphatic rings. The molecule has 0 saturated carbocycles. The van der Waals surface area contributed by atoms with E-state index in [4.69, 9.17) is 5.26 Å². The molecule has 1 N–H and O–H groups in total. The molecule has 2 nitrogen and oxygen atoms in total. The van der Waals surface area contributed by atoms with Gasteiger partial charge >= 0.3 is 0 Å². The Bertz CT molecular complexity index is 464. The zero-order valence-corrected chi connectivity index (χ0v) is 12.6. The first-order valence-electron chi connectivity index (χ1n) is 5.92. The standard InChI is InChI=1S/C14H18BrFN2/c1-10-7-11(15)12(16)8-13(10)18-9-14(2,3)5-4-6-17/h7-8,18H,4-5,9H2,1-3H3. The van der Waals surface area contributed by atoms with Crippen molar-refractivity contribution in [3.63, 3.8) is 0 Å². The van der Waals surface area contributed by atoms with Crippen LogP contribution in [-0.2, 0) is 0 Å². The molecule has 0 spiro atoms. The molecule has 0 bridgehead atoms. The minimum atomic E-state index is -0.266. The van der Waals surface area contributed by atoms with E-state index in [0.717, 1.165) is 24.2 Å². The average molecular weight is 313 g/mol. The van der Waals surface area contributed by atoms with Crippen molar-refractivity contribution in [1.29, 1.82) is 5.26 Å². The van der Waals surface area contributed by atoms with Gasteiger partial charge in [-0.15, -0.1) is 0 Å². The van der Waals surface area contributed by atoms with Gasteiger partial charge in [0.2, 0.25) is 0 Å². The second-order valence-electron chi connectivity index (χ2n) is 5.26. The molecule has 0 fully saturated rings. The van der Waals surface area contributed by atoms with Crippen LogP contribution < -0.4 is 5.32 Å². The third-order valence-electron chi connectivity index (χ3n) is 2.94. The van der Waals surface area contributed by atoms with Crippen LogP contribution in [0.15, 0.2) is 16.6 Å². The summed E-state index contributed by atoms with van der Waals surface area (Å²) in [5.41, 5.74) is 1.83. The molecule has 4 heteroatoms. The minimum Gasteiger partial charge on any atom is -0.384 e. The number of hydrogen-bond acceptors (Lipinski definition) is 2. The fourth-order valence-electron chi connectivity index (χ4n) is 1.65. The van der Waals surface area contributed by atoms with E-state index in [2.05, 4.69) is 41.2 Å². The van der Waals surface area contributed by atoms with Crippen LogP contribution in [0.3, 0.4) is 0 Å². The lowest BCUT2D eigenvalue weighted by Crippen LogP contribution is -2.23. The summed E-state index contributed by atoms with van der Waals surface area (Å²) in [4.78, 5) is 0. The summed E-state index contributed by atoms with van der Waals surface area (Å²) in [5, 5.41) is 11.9. The van der Waals surface area contributed by atoms with Gasteiger partial charge < -0.3 is 5.32 Å².